The van der Waals surface area contributed by atoms with Crippen LogP contribution in [0.25, 0.3) is 21.7 Å². The summed E-state index contributed by atoms with van der Waals surface area (Å²) >= 11 is 1.40. The second-order valence-electron chi connectivity index (χ2n) is 6.08. The molecular formula is C19H16N4O4S. The molecule has 0 N–H and O–H groups in total. The maximum atomic E-state index is 12.3. The van der Waals surface area contributed by atoms with Crippen molar-refractivity contribution in [2.45, 2.75) is 26.0 Å². The van der Waals surface area contributed by atoms with Gasteiger partial charge in [-0.15, -0.1) is 21.5 Å². The highest BCUT2D eigenvalue weighted by atomic mass is 32.1. The Labute approximate surface area is 163 Å². The second kappa shape index (κ2) is 7.73. The highest BCUT2D eigenvalue weighted by Crippen LogP contribution is 2.22. The van der Waals surface area contributed by atoms with E-state index in [1.807, 2.05) is 35.7 Å². The van der Waals surface area contributed by atoms with Crippen LogP contribution >= 0.6 is 11.3 Å². The lowest BCUT2D eigenvalue weighted by Crippen LogP contribution is -2.22. The standard InChI is InChI=1S/C19H16N4O4S/c1-12(16-21-22-17(27-16)13-5-3-2-4-6-13)26-15(24)7-9-23-11-20-18-14(19(23)25)8-10-28-18/h2-6,8,10-12H,7,9H2,1H3/t12-/m1/s1. The molecule has 8 nitrogen and oxygen atoms in total. The highest BCUT2D eigenvalue weighted by molar-refractivity contribution is 7.16. The van der Waals surface area contributed by atoms with Crippen LogP contribution in [0, 0.1) is 0 Å². The molecule has 0 unspecified atom stereocenters. The van der Waals surface area contributed by atoms with Crippen molar-refractivity contribution in [2.75, 3.05) is 0 Å². The first kappa shape index (κ1) is 18.1. The number of hydrogen-bond donors (Lipinski definition) is 0. The molecule has 4 rings (SSSR count). The van der Waals surface area contributed by atoms with E-state index in [4.69, 9.17) is 9.15 Å². The van der Waals surface area contributed by atoms with Gasteiger partial charge in [-0.3, -0.25) is 14.2 Å². The van der Waals surface area contributed by atoms with E-state index in [0.717, 1.165) is 5.56 Å². The number of esters is 1. The molecule has 4 aromatic rings. The third-order valence-electron chi connectivity index (χ3n) is 4.12. The van der Waals surface area contributed by atoms with Crippen molar-refractivity contribution in [3.8, 4) is 11.5 Å². The summed E-state index contributed by atoms with van der Waals surface area (Å²) in [5.41, 5.74) is 0.618. The minimum atomic E-state index is -0.688. The quantitative estimate of drug-likeness (QED) is 0.461. The van der Waals surface area contributed by atoms with Gasteiger partial charge in [0.25, 0.3) is 11.4 Å². The van der Waals surface area contributed by atoms with Crippen molar-refractivity contribution in [2.24, 2.45) is 0 Å². The van der Waals surface area contributed by atoms with E-state index in [9.17, 15) is 9.59 Å². The van der Waals surface area contributed by atoms with Crippen molar-refractivity contribution in [3.63, 3.8) is 0 Å². The topological polar surface area (TPSA) is 100 Å². The van der Waals surface area contributed by atoms with Gasteiger partial charge in [0.1, 0.15) is 4.83 Å². The maximum Gasteiger partial charge on any atom is 0.308 e. The number of aromatic nitrogens is 4. The Balaban J connectivity index is 1.37. The first-order valence-electron chi connectivity index (χ1n) is 8.63. The lowest BCUT2D eigenvalue weighted by atomic mass is 10.2. The predicted octanol–water partition coefficient (Wildman–Crippen LogP) is 3.20. The van der Waals surface area contributed by atoms with Crippen molar-refractivity contribution < 1.29 is 13.9 Å². The minimum absolute atomic E-state index is 0.0290. The Kier molecular flexibility index (Phi) is 4.98. The molecule has 0 radical (unpaired) electrons. The third kappa shape index (κ3) is 3.70. The lowest BCUT2D eigenvalue weighted by Gasteiger charge is -2.10. The molecule has 0 spiro atoms. The van der Waals surface area contributed by atoms with Crippen LogP contribution in [-0.4, -0.2) is 25.7 Å². The Morgan fingerprint density at radius 3 is 2.89 bits per heavy atom. The molecule has 3 aromatic heterocycles. The summed E-state index contributed by atoms with van der Waals surface area (Å²) in [6.45, 7) is 1.84. The average Bonchev–Trinajstić information content (AvgIpc) is 3.38. The molecular weight excluding hydrogens is 380 g/mol. The second-order valence-corrected chi connectivity index (χ2v) is 6.97. The molecule has 0 bridgehead atoms. The van der Waals surface area contributed by atoms with E-state index in [1.54, 1.807) is 13.0 Å². The summed E-state index contributed by atoms with van der Waals surface area (Å²) in [5, 5.41) is 10.3. The number of carbonyl (C=O) groups excluding carboxylic acids is 1. The number of rotatable bonds is 6. The fraction of sp³-hybridized carbons (Fsp3) is 0.211. The van der Waals surface area contributed by atoms with Gasteiger partial charge >= 0.3 is 5.97 Å². The molecule has 0 saturated carbocycles. The highest BCUT2D eigenvalue weighted by Gasteiger charge is 2.19. The van der Waals surface area contributed by atoms with Gasteiger partial charge in [0.15, 0.2) is 6.10 Å². The summed E-state index contributed by atoms with van der Waals surface area (Å²) in [6, 6.07) is 11.1. The largest absolute Gasteiger partial charge is 0.453 e. The Hall–Kier alpha value is -3.33. The van der Waals surface area contributed by atoms with Crippen molar-refractivity contribution in [3.05, 3.63) is 64.4 Å². The molecule has 1 aromatic carbocycles. The molecule has 3 heterocycles. The van der Waals surface area contributed by atoms with Crippen LogP contribution in [0.4, 0.5) is 0 Å². The summed E-state index contributed by atoms with van der Waals surface area (Å²) in [4.78, 5) is 29.4. The number of benzene rings is 1. The summed E-state index contributed by atoms with van der Waals surface area (Å²) in [5.74, 6) is 0.107. The predicted molar refractivity (Wildman–Crippen MR) is 103 cm³/mol. The molecule has 0 amide bonds. The minimum Gasteiger partial charge on any atom is -0.453 e. The van der Waals surface area contributed by atoms with Crippen LogP contribution in [0.2, 0.25) is 0 Å². The zero-order valence-electron chi connectivity index (χ0n) is 14.9. The first-order chi connectivity index (χ1) is 13.6. The fourth-order valence-corrected chi connectivity index (χ4v) is 3.39. The molecule has 0 aliphatic heterocycles. The Bertz CT molecular complexity index is 1170. The molecule has 142 valence electrons. The number of aryl methyl sites for hydroxylation is 1. The summed E-state index contributed by atoms with van der Waals surface area (Å²) in [7, 11) is 0. The molecule has 0 aliphatic carbocycles. The summed E-state index contributed by atoms with van der Waals surface area (Å²) in [6.07, 6.45) is 0.787. The van der Waals surface area contributed by atoms with E-state index in [2.05, 4.69) is 15.2 Å². The van der Waals surface area contributed by atoms with Gasteiger partial charge in [0.05, 0.1) is 18.1 Å². The number of hydrogen-bond acceptors (Lipinski definition) is 8. The van der Waals surface area contributed by atoms with Gasteiger partial charge in [0, 0.05) is 12.1 Å². The Morgan fingerprint density at radius 1 is 1.25 bits per heavy atom. The molecule has 28 heavy (non-hydrogen) atoms. The van der Waals surface area contributed by atoms with E-state index >= 15 is 0 Å². The van der Waals surface area contributed by atoms with E-state index in [0.29, 0.717) is 16.1 Å². The van der Waals surface area contributed by atoms with Crippen LogP contribution in [0.1, 0.15) is 25.3 Å². The van der Waals surface area contributed by atoms with Gasteiger partial charge < -0.3 is 9.15 Å². The van der Waals surface area contributed by atoms with E-state index in [-0.39, 0.29) is 24.4 Å². The Morgan fingerprint density at radius 2 is 2.07 bits per heavy atom. The fourth-order valence-electron chi connectivity index (χ4n) is 2.67. The van der Waals surface area contributed by atoms with Crippen LogP contribution in [0.3, 0.4) is 0 Å². The van der Waals surface area contributed by atoms with Crippen molar-refractivity contribution in [1.29, 1.82) is 0 Å². The first-order valence-corrected chi connectivity index (χ1v) is 9.51. The number of nitrogens with zero attached hydrogens (tertiary/aromatic N) is 4. The van der Waals surface area contributed by atoms with Gasteiger partial charge in [-0.2, -0.15) is 0 Å². The smallest absolute Gasteiger partial charge is 0.308 e. The van der Waals surface area contributed by atoms with Gasteiger partial charge in [-0.25, -0.2) is 4.98 Å². The van der Waals surface area contributed by atoms with Crippen LogP contribution in [-0.2, 0) is 16.1 Å². The SMILES string of the molecule is C[C@@H](OC(=O)CCn1cnc2sccc2c1=O)c1nnc(-c2ccccc2)o1. The lowest BCUT2D eigenvalue weighted by molar-refractivity contribution is -0.149. The number of carbonyl (C=O) groups is 1. The van der Waals surface area contributed by atoms with Crippen LogP contribution in [0.5, 0.6) is 0 Å². The normalized spacial score (nSPS) is 12.2. The van der Waals surface area contributed by atoms with E-state index < -0.39 is 12.1 Å². The van der Waals surface area contributed by atoms with Gasteiger partial charge in [-0.05, 0) is 30.5 Å². The molecule has 0 aliphatic rings. The van der Waals surface area contributed by atoms with Gasteiger partial charge in [-0.1, -0.05) is 18.2 Å². The maximum absolute atomic E-state index is 12.3. The molecule has 0 fully saturated rings. The molecule has 1 atom stereocenters. The number of fused-ring (bicyclic) bond motifs is 1. The monoisotopic (exact) mass is 396 g/mol. The average molecular weight is 396 g/mol. The number of thiophene rings is 1. The van der Waals surface area contributed by atoms with E-state index in [1.165, 1.54) is 22.2 Å². The van der Waals surface area contributed by atoms with Crippen molar-refractivity contribution in [1.82, 2.24) is 19.7 Å². The van der Waals surface area contributed by atoms with Crippen molar-refractivity contribution >= 4 is 27.5 Å². The molecule has 9 heteroatoms. The van der Waals surface area contributed by atoms with Crippen LogP contribution in [0.15, 0.2) is 57.3 Å². The zero-order chi connectivity index (χ0) is 19.5. The zero-order valence-corrected chi connectivity index (χ0v) is 15.8. The third-order valence-corrected chi connectivity index (χ3v) is 4.95. The van der Waals surface area contributed by atoms with Gasteiger partial charge in [0.2, 0.25) is 5.89 Å². The van der Waals surface area contributed by atoms with Crippen LogP contribution < -0.4 is 5.56 Å². The summed E-state index contributed by atoms with van der Waals surface area (Å²) < 4.78 is 12.3. The molecule has 0 saturated heterocycles. The number of ether oxygens (including phenoxy) is 1.